The van der Waals surface area contributed by atoms with E-state index in [0.717, 1.165) is 0 Å². The highest BCUT2D eigenvalue weighted by atomic mass is 35.5. The van der Waals surface area contributed by atoms with Crippen LogP contribution in [0.5, 0.6) is 0 Å². The molecule has 1 fully saturated rings. The van der Waals surface area contributed by atoms with Crippen LogP contribution in [0.3, 0.4) is 0 Å². The number of halogens is 5. The number of hydrogen-bond acceptors (Lipinski definition) is 3. The normalized spacial score (nSPS) is 18.8. The lowest BCUT2D eigenvalue weighted by atomic mass is 9.86. The number of imidazole rings is 1. The van der Waals surface area contributed by atoms with Gasteiger partial charge in [-0.15, -0.1) is 0 Å². The molecule has 32 heavy (non-hydrogen) atoms. The molecule has 2 aromatic carbocycles. The maximum atomic E-state index is 14.7. The van der Waals surface area contributed by atoms with Crippen molar-refractivity contribution in [2.24, 2.45) is 13.0 Å². The molecule has 0 atom stereocenters. The topological polar surface area (TPSA) is 59.0 Å². The molecule has 1 aliphatic carbocycles. The summed E-state index contributed by atoms with van der Waals surface area (Å²) in [7, 11) is 1.62. The van der Waals surface area contributed by atoms with Gasteiger partial charge in [-0.05, 0) is 43.9 Å². The first-order chi connectivity index (χ1) is 15.2. The molecule has 0 bridgehead atoms. The van der Waals surface area contributed by atoms with Gasteiger partial charge in [0.05, 0.1) is 27.3 Å². The lowest BCUT2D eigenvalue weighted by Gasteiger charge is -2.28. The van der Waals surface area contributed by atoms with Crippen LogP contribution in [0.4, 0.5) is 29.2 Å². The number of nitrogens with zero attached hydrogens (tertiary/aromatic N) is 2. The van der Waals surface area contributed by atoms with Crippen molar-refractivity contribution in [3.05, 3.63) is 52.6 Å². The van der Waals surface area contributed by atoms with Crippen molar-refractivity contribution >= 4 is 40.2 Å². The van der Waals surface area contributed by atoms with Crippen molar-refractivity contribution in [1.82, 2.24) is 14.9 Å². The summed E-state index contributed by atoms with van der Waals surface area (Å²) >= 11 is 6.05. The minimum Gasteiger partial charge on any atom is -0.349 e. The lowest BCUT2D eigenvalue weighted by molar-refractivity contribution is 0.0499. The van der Waals surface area contributed by atoms with E-state index >= 15 is 0 Å². The number of para-hydroxylation sites is 1. The summed E-state index contributed by atoms with van der Waals surface area (Å²) < 4.78 is 56.0. The first kappa shape index (κ1) is 22.4. The number of carbonyl (C=O) groups excluding carboxylic acids is 1. The van der Waals surface area contributed by atoms with Gasteiger partial charge < -0.3 is 15.2 Å². The first-order valence-corrected chi connectivity index (χ1v) is 10.6. The molecule has 1 saturated carbocycles. The fourth-order valence-corrected chi connectivity index (χ4v) is 4.22. The van der Waals surface area contributed by atoms with Crippen molar-refractivity contribution in [3.63, 3.8) is 0 Å². The number of aromatic nitrogens is 2. The van der Waals surface area contributed by atoms with Gasteiger partial charge in [0.15, 0.2) is 0 Å². The smallest absolute Gasteiger partial charge is 0.254 e. The highest BCUT2D eigenvalue weighted by Crippen LogP contribution is 2.31. The van der Waals surface area contributed by atoms with Crippen molar-refractivity contribution in [3.8, 4) is 0 Å². The number of amides is 1. The number of aryl methyl sites for hydroxylation is 1. The molecule has 1 amide bonds. The van der Waals surface area contributed by atoms with Crippen molar-refractivity contribution in [2.75, 3.05) is 5.32 Å². The second-order valence-corrected chi connectivity index (χ2v) is 8.36. The van der Waals surface area contributed by atoms with Crippen LogP contribution in [-0.4, -0.2) is 27.9 Å². The summed E-state index contributed by atoms with van der Waals surface area (Å²) in [5.41, 5.74) is 0.564. The molecule has 0 spiro atoms. The Balaban J connectivity index is 1.55. The molecule has 0 aliphatic heterocycles. The van der Waals surface area contributed by atoms with E-state index in [4.69, 9.17) is 11.6 Å². The Bertz CT molecular complexity index is 1140. The largest absolute Gasteiger partial charge is 0.349 e. The van der Waals surface area contributed by atoms with E-state index in [0.29, 0.717) is 36.7 Å². The summed E-state index contributed by atoms with van der Waals surface area (Å²) in [6, 6.07) is 6.45. The molecule has 2 N–H and O–H groups in total. The minimum atomic E-state index is -2.36. The van der Waals surface area contributed by atoms with Crippen molar-refractivity contribution < 1.29 is 22.4 Å². The van der Waals surface area contributed by atoms with E-state index in [9.17, 15) is 22.4 Å². The third kappa shape index (κ3) is 4.39. The molecule has 1 heterocycles. The Morgan fingerprint density at radius 2 is 1.88 bits per heavy atom. The summed E-state index contributed by atoms with van der Waals surface area (Å²) in [5, 5.41) is 5.70. The van der Waals surface area contributed by atoms with Gasteiger partial charge in [0.25, 0.3) is 5.91 Å². The zero-order valence-corrected chi connectivity index (χ0v) is 17.9. The van der Waals surface area contributed by atoms with Crippen LogP contribution in [0.1, 0.15) is 36.0 Å². The Morgan fingerprint density at radius 3 is 2.53 bits per heavy atom. The van der Waals surface area contributed by atoms with E-state index in [1.165, 1.54) is 34.9 Å². The van der Waals surface area contributed by atoms with E-state index in [1.54, 1.807) is 7.05 Å². The highest BCUT2D eigenvalue weighted by Gasteiger charge is 2.29. The molecule has 0 unspecified atom stereocenters. The van der Waals surface area contributed by atoms with E-state index in [1.807, 2.05) is 0 Å². The SMILES string of the molecule is Cn1c(Nc2c(F)cccc2Cl)nc2cc(C(=O)NC3CCC(C(F)F)CC3)c(F)cc21. The van der Waals surface area contributed by atoms with Crippen LogP contribution in [-0.2, 0) is 7.05 Å². The third-order valence-corrected chi connectivity index (χ3v) is 6.19. The van der Waals surface area contributed by atoms with Crippen LogP contribution in [0.15, 0.2) is 30.3 Å². The molecule has 5 nitrogen and oxygen atoms in total. The van der Waals surface area contributed by atoms with Gasteiger partial charge in [0.2, 0.25) is 12.4 Å². The average Bonchev–Trinajstić information content (AvgIpc) is 3.05. The van der Waals surface area contributed by atoms with Gasteiger partial charge in [-0.2, -0.15) is 0 Å². The summed E-state index contributed by atoms with van der Waals surface area (Å²) in [6.45, 7) is 0. The van der Waals surface area contributed by atoms with Gasteiger partial charge in [0, 0.05) is 25.1 Å². The van der Waals surface area contributed by atoms with E-state index in [-0.39, 0.29) is 28.3 Å². The molecule has 1 aromatic heterocycles. The molecule has 0 radical (unpaired) electrons. The highest BCUT2D eigenvalue weighted by molar-refractivity contribution is 6.33. The Morgan fingerprint density at radius 1 is 1.16 bits per heavy atom. The molecule has 4 rings (SSSR count). The second kappa shape index (κ2) is 8.97. The fraction of sp³-hybridized carbons (Fsp3) is 0.364. The van der Waals surface area contributed by atoms with Crippen molar-refractivity contribution in [1.29, 1.82) is 0 Å². The third-order valence-electron chi connectivity index (χ3n) is 5.88. The second-order valence-electron chi connectivity index (χ2n) is 7.96. The van der Waals surface area contributed by atoms with Gasteiger partial charge in [-0.3, -0.25) is 4.79 Å². The summed E-state index contributed by atoms with van der Waals surface area (Å²) in [4.78, 5) is 17.0. The zero-order valence-electron chi connectivity index (χ0n) is 17.1. The quantitative estimate of drug-likeness (QED) is 0.465. The molecule has 3 aromatic rings. The standard InChI is InChI=1S/C22H21ClF4N4O/c1-31-18-10-16(25)13(21(32)28-12-7-5-11(6-8-12)20(26)27)9-17(18)29-22(31)30-19-14(23)3-2-4-15(19)24/h2-4,9-12,20H,5-8H2,1H3,(H,28,32)(H,29,30). The Hall–Kier alpha value is -2.81. The van der Waals surface area contributed by atoms with Crippen LogP contribution in [0, 0.1) is 17.6 Å². The molecular formula is C22H21ClF4N4O. The maximum absolute atomic E-state index is 14.7. The Kier molecular flexibility index (Phi) is 6.28. The number of carbonyl (C=O) groups is 1. The number of anilines is 2. The van der Waals surface area contributed by atoms with E-state index in [2.05, 4.69) is 15.6 Å². The van der Waals surface area contributed by atoms with Gasteiger partial charge in [0.1, 0.15) is 11.6 Å². The van der Waals surface area contributed by atoms with Gasteiger partial charge in [-0.1, -0.05) is 17.7 Å². The number of rotatable bonds is 5. The van der Waals surface area contributed by atoms with E-state index < -0.39 is 29.9 Å². The predicted molar refractivity (Wildman–Crippen MR) is 115 cm³/mol. The van der Waals surface area contributed by atoms with Crippen LogP contribution in [0.25, 0.3) is 11.0 Å². The molecule has 10 heteroatoms. The maximum Gasteiger partial charge on any atom is 0.254 e. The summed E-state index contributed by atoms with van der Waals surface area (Å²) in [6.07, 6.45) is -0.884. The molecular weight excluding hydrogens is 448 g/mol. The van der Waals surface area contributed by atoms with Crippen molar-refractivity contribution in [2.45, 2.75) is 38.2 Å². The number of hydrogen-bond donors (Lipinski definition) is 2. The molecule has 1 aliphatic rings. The first-order valence-electron chi connectivity index (χ1n) is 10.2. The van der Waals surface area contributed by atoms with Crippen LogP contribution in [0.2, 0.25) is 5.02 Å². The van der Waals surface area contributed by atoms with Gasteiger partial charge in [-0.25, -0.2) is 22.5 Å². The van der Waals surface area contributed by atoms with Gasteiger partial charge >= 0.3 is 0 Å². The number of nitrogens with one attached hydrogen (secondary N) is 2. The minimum absolute atomic E-state index is 0.0328. The number of alkyl halides is 2. The number of fused-ring (bicyclic) bond motifs is 1. The lowest BCUT2D eigenvalue weighted by Crippen LogP contribution is -2.38. The Labute approximate surface area is 186 Å². The molecule has 0 saturated heterocycles. The average molecular weight is 469 g/mol. The molecule has 170 valence electrons. The predicted octanol–water partition coefficient (Wildman–Crippen LogP) is 5.80. The zero-order chi connectivity index (χ0) is 23.0. The van der Waals surface area contributed by atoms with Crippen LogP contribution >= 0.6 is 11.6 Å². The number of benzene rings is 2. The monoisotopic (exact) mass is 468 g/mol. The summed E-state index contributed by atoms with van der Waals surface area (Å²) in [5.74, 6) is -2.37. The van der Waals surface area contributed by atoms with Crippen LogP contribution < -0.4 is 10.6 Å². The fourth-order valence-electron chi connectivity index (χ4n) is 4.01.